The Morgan fingerprint density at radius 2 is 2.12 bits per heavy atom. The van der Waals surface area contributed by atoms with Crippen LogP contribution in [0.4, 0.5) is 0 Å². The summed E-state index contributed by atoms with van der Waals surface area (Å²) in [6.07, 6.45) is 3.27. The fourth-order valence-electron chi connectivity index (χ4n) is 3.61. The van der Waals surface area contributed by atoms with Crippen LogP contribution in [-0.2, 0) is 5.41 Å². The lowest BCUT2D eigenvalue weighted by molar-refractivity contribution is 0.168. The first-order chi connectivity index (χ1) is 11.8. The molecular weight excluding hydrogens is 320 g/mol. The van der Waals surface area contributed by atoms with Gasteiger partial charge in [-0.15, -0.1) is 0 Å². The van der Waals surface area contributed by atoms with Gasteiger partial charge in [0.1, 0.15) is 23.2 Å². The minimum absolute atomic E-state index is 0.0365. The summed E-state index contributed by atoms with van der Waals surface area (Å²) in [6, 6.07) is 3.08. The Morgan fingerprint density at radius 1 is 1.40 bits per heavy atom. The molecule has 2 atom stereocenters. The number of aliphatic hydroxyl groups is 1. The van der Waals surface area contributed by atoms with Crippen molar-refractivity contribution in [3.05, 3.63) is 45.3 Å². The molecule has 0 amide bonds. The Hall–Kier alpha value is -2.27. The van der Waals surface area contributed by atoms with Crippen molar-refractivity contribution >= 4 is 11.0 Å². The number of hydrogen-bond acceptors (Lipinski definition) is 5. The zero-order chi connectivity index (χ0) is 18.4. The maximum Gasteiger partial charge on any atom is 0.343 e. The van der Waals surface area contributed by atoms with Crippen LogP contribution < -0.4 is 10.4 Å². The van der Waals surface area contributed by atoms with Gasteiger partial charge in [0.25, 0.3) is 0 Å². The molecule has 2 heterocycles. The van der Waals surface area contributed by atoms with E-state index in [1.54, 1.807) is 6.07 Å². The van der Waals surface area contributed by atoms with Crippen LogP contribution in [0, 0.1) is 6.92 Å². The Bertz CT molecular complexity index is 908. The normalized spacial score (nSPS) is 22.9. The highest BCUT2D eigenvalue weighted by Gasteiger charge is 2.46. The van der Waals surface area contributed by atoms with E-state index in [1.807, 2.05) is 33.8 Å². The van der Waals surface area contributed by atoms with Crippen LogP contribution in [0.25, 0.3) is 11.0 Å². The van der Waals surface area contributed by atoms with Crippen LogP contribution in [0.3, 0.4) is 0 Å². The first-order valence-electron chi connectivity index (χ1n) is 8.52. The number of aromatic hydroxyl groups is 1. The highest BCUT2D eigenvalue weighted by atomic mass is 16.5. The van der Waals surface area contributed by atoms with E-state index in [9.17, 15) is 9.90 Å². The third kappa shape index (κ3) is 2.82. The molecule has 0 saturated heterocycles. The maximum absolute atomic E-state index is 12.7. The molecule has 1 aliphatic heterocycles. The predicted molar refractivity (Wildman–Crippen MR) is 96.4 cm³/mol. The Labute approximate surface area is 146 Å². The zero-order valence-electron chi connectivity index (χ0n) is 15.0. The second-order valence-electron chi connectivity index (χ2n) is 7.15. The van der Waals surface area contributed by atoms with Gasteiger partial charge in [0.2, 0.25) is 0 Å². The number of fused-ring (bicyclic) bond motifs is 3. The molecular formula is C20H24O5. The van der Waals surface area contributed by atoms with Crippen LogP contribution >= 0.6 is 0 Å². The molecule has 134 valence electrons. The number of phenolic OH excluding ortho intramolecular Hbond substituents is 1. The molecule has 5 heteroatoms. The van der Waals surface area contributed by atoms with Gasteiger partial charge in [0.15, 0.2) is 0 Å². The molecule has 0 saturated carbocycles. The third-order valence-corrected chi connectivity index (χ3v) is 5.31. The van der Waals surface area contributed by atoms with Gasteiger partial charge in [-0.3, -0.25) is 0 Å². The van der Waals surface area contributed by atoms with Crippen molar-refractivity contribution in [3.8, 4) is 11.5 Å². The summed E-state index contributed by atoms with van der Waals surface area (Å²) in [7, 11) is 0. The molecule has 1 aromatic carbocycles. The summed E-state index contributed by atoms with van der Waals surface area (Å²) < 4.78 is 11.6. The van der Waals surface area contributed by atoms with E-state index in [-0.39, 0.29) is 18.5 Å². The average molecular weight is 344 g/mol. The van der Waals surface area contributed by atoms with Gasteiger partial charge in [0, 0.05) is 11.5 Å². The van der Waals surface area contributed by atoms with Gasteiger partial charge in [-0.2, -0.15) is 0 Å². The first kappa shape index (κ1) is 17.5. The van der Waals surface area contributed by atoms with Crippen molar-refractivity contribution in [2.24, 2.45) is 0 Å². The molecule has 25 heavy (non-hydrogen) atoms. The second kappa shape index (κ2) is 6.23. The minimum Gasteiger partial charge on any atom is -0.508 e. The topological polar surface area (TPSA) is 79.9 Å². The quantitative estimate of drug-likeness (QED) is 0.655. The lowest BCUT2D eigenvalue weighted by Crippen LogP contribution is -2.35. The Balaban J connectivity index is 2.14. The highest BCUT2D eigenvalue weighted by Crippen LogP contribution is 2.48. The van der Waals surface area contributed by atoms with Gasteiger partial charge in [-0.25, -0.2) is 4.79 Å². The number of phenols is 1. The summed E-state index contributed by atoms with van der Waals surface area (Å²) in [5, 5.41) is 19.6. The van der Waals surface area contributed by atoms with Crippen LogP contribution in [0.15, 0.2) is 33.0 Å². The van der Waals surface area contributed by atoms with E-state index < -0.39 is 11.0 Å². The van der Waals surface area contributed by atoms with Gasteiger partial charge in [-0.05, 0) is 45.2 Å². The van der Waals surface area contributed by atoms with E-state index >= 15 is 0 Å². The van der Waals surface area contributed by atoms with Crippen LogP contribution in [0.2, 0.25) is 0 Å². The van der Waals surface area contributed by atoms with E-state index in [0.29, 0.717) is 23.3 Å². The molecule has 0 spiro atoms. The zero-order valence-corrected chi connectivity index (χ0v) is 15.0. The predicted octanol–water partition coefficient (Wildman–Crippen LogP) is 3.56. The Morgan fingerprint density at radius 3 is 2.80 bits per heavy atom. The summed E-state index contributed by atoms with van der Waals surface area (Å²) in [4.78, 5) is 12.7. The maximum atomic E-state index is 12.7. The lowest BCUT2D eigenvalue weighted by Gasteiger charge is -2.26. The van der Waals surface area contributed by atoms with Crippen molar-refractivity contribution in [1.82, 2.24) is 0 Å². The number of hydrogen-bond donors (Lipinski definition) is 2. The summed E-state index contributed by atoms with van der Waals surface area (Å²) in [5.41, 5.74) is 1.74. The van der Waals surface area contributed by atoms with Gasteiger partial charge >= 0.3 is 5.63 Å². The van der Waals surface area contributed by atoms with Gasteiger partial charge in [-0.1, -0.05) is 18.6 Å². The molecule has 0 aliphatic carbocycles. The number of benzene rings is 1. The monoisotopic (exact) mass is 344 g/mol. The molecule has 5 nitrogen and oxygen atoms in total. The molecule has 2 N–H and O–H groups in total. The lowest BCUT2D eigenvalue weighted by atomic mass is 9.76. The van der Waals surface area contributed by atoms with Crippen molar-refractivity contribution < 1.29 is 19.4 Å². The molecule has 2 aromatic rings. The van der Waals surface area contributed by atoms with E-state index in [2.05, 4.69) is 0 Å². The smallest absolute Gasteiger partial charge is 0.343 e. The molecule has 0 bridgehead atoms. The van der Waals surface area contributed by atoms with Crippen molar-refractivity contribution in [2.75, 3.05) is 6.61 Å². The van der Waals surface area contributed by atoms with E-state index in [0.717, 1.165) is 22.9 Å². The van der Waals surface area contributed by atoms with Crippen molar-refractivity contribution in [2.45, 2.75) is 52.1 Å². The average Bonchev–Trinajstić information content (AvgIpc) is 2.78. The molecule has 0 unspecified atom stereocenters. The molecule has 0 radical (unpaired) electrons. The van der Waals surface area contributed by atoms with Crippen LogP contribution in [-0.4, -0.2) is 22.9 Å². The molecule has 3 rings (SSSR count). The second-order valence-corrected chi connectivity index (χ2v) is 7.15. The SMILES string of the molecule is C/C(=C/CC[C@]1(C)c2c(c3c(C)cc(O)cc3oc2=O)O[C@H]1C)CO. The number of allylic oxidation sites excluding steroid dienone is 1. The van der Waals surface area contributed by atoms with Crippen molar-refractivity contribution in [1.29, 1.82) is 0 Å². The van der Waals surface area contributed by atoms with Crippen molar-refractivity contribution in [3.63, 3.8) is 0 Å². The molecule has 1 aromatic heterocycles. The fraction of sp³-hybridized carbons (Fsp3) is 0.450. The first-order valence-corrected chi connectivity index (χ1v) is 8.52. The molecule has 1 aliphatic rings. The summed E-state index contributed by atoms with van der Waals surface area (Å²) in [5.74, 6) is 0.633. The van der Waals surface area contributed by atoms with Gasteiger partial charge < -0.3 is 19.4 Å². The van der Waals surface area contributed by atoms with E-state index in [1.165, 1.54) is 6.07 Å². The third-order valence-electron chi connectivity index (χ3n) is 5.31. The number of rotatable bonds is 4. The largest absolute Gasteiger partial charge is 0.508 e. The van der Waals surface area contributed by atoms with Gasteiger partial charge in [0.05, 0.1) is 17.6 Å². The highest BCUT2D eigenvalue weighted by molar-refractivity contribution is 5.89. The summed E-state index contributed by atoms with van der Waals surface area (Å²) in [6.45, 7) is 7.75. The number of ether oxygens (including phenoxy) is 1. The summed E-state index contributed by atoms with van der Waals surface area (Å²) >= 11 is 0. The minimum atomic E-state index is -0.472. The Kier molecular flexibility index (Phi) is 4.37. The standard InChI is InChI=1S/C20H24O5/c1-11(10-21)6-5-7-20(4)13(3)24-18-16-12(2)8-14(22)9-15(16)25-19(23)17(18)20/h6,8-9,13,21-22H,5,7,10H2,1-4H3/b11-6-/t13-,20-/m0/s1. The molecule has 0 fully saturated rings. The number of aliphatic hydroxyl groups excluding tert-OH is 1. The van der Waals surface area contributed by atoms with E-state index in [4.69, 9.17) is 14.3 Å². The van der Waals surface area contributed by atoms with Crippen LogP contribution in [0.1, 0.15) is 44.7 Å². The number of aryl methyl sites for hydroxylation is 1. The van der Waals surface area contributed by atoms with Crippen LogP contribution in [0.5, 0.6) is 11.5 Å². The fourth-order valence-corrected chi connectivity index (χ4v) is 3.61.